The Morgan fingerprint density at radius 2 is 0.635 bits per heavy atom. The largest absolute Gasteiger partial charge is 0.462 e. The summed E-state index contributed by atoms with van der Waals surface area (Å²) >= 11 is 0. The van der Waals surface area contributed by atoms with Crippen LogP contribution < -0.4 is 0 Å². The predicted molar refractivity (Wildman–Crippen MR) is 270 cm³/mol. The van der Waals surface area contributed by atoms with Crippen LogP contribution in [-0.2, 0) is 28.6 Å². The molecule has 1 unspecified atom stereocenters. The highest BCUT2D eigenvalue weighted by atomic mass is 16.6. The number of esters is 3. The molecule has 6 heteroatoms. The number of rotatable bonds is 47. The number of hydrogen-bond donors (Lipinski definition) is 0. The molecule has 63 heavy (non-hydrogen) atoms. The fourth-order valence-corrected chi connectivity index (χ4v) is 7.21. The molecule has 0 amide bonds. The van der Waals surface area contributed by atoms with Gasteiger partial charge in [-0.15, -0.1) is 0 Å². The molecule has 0 saturated carbocycles. The van der Waals surface area contributed by atoms with Gasteiger partial charge in [-0.1, -0.05) is 222 Å². The maximum absolute atomic E-state index is 12.8. The molecule has 0 N–H and O–H groups in total. The molecule has 0 bridgehead atoms. The van der Waals surface area contributed by atoms with Gasteiger partial charge in [-0.3, -0.25) is 14.4 Å². The standard InChI is InChI=1S/C57H98O6/c1-4-7-10-13-16-19-22-25-28-30-32-35-38-41-44-47-50-56(59)62-53-54(52-61-55(58)49-46-43-40-37-34-31-27-24-21-18-15-12-9-6-3)63-57(60)51-48-45-42-39-36-33-29-26-23-20-17-14-11-8-5-2/h8,11,15,17-18,20,24,26-27,29,36,39,54H,4-7,9-10,12-14,16,19,21-23,25,28,30-35,37-38,40-53H2,1-3H3/b11-8-,18-15-,20-17-,27-24-,29-26-,39-36-. The molecule has 0 rings (SSSR count). The zero-order chi connectivity index (χ0) is 45.8. The first-order chi connectivity index (χ1) is 31.0. The van der Waals surface area contributed by atoms with Crippen LogP contribution in [0.15, 0.2) is 72.9 Å². The Hall–Kier alpha value is -3.15. The summed E-state index contributed by atoms with van der Waals surface area (Å²) in [4.78, 5) is 38.0. The lowest BCUT2D eigenvalue weighted by molar-refractivity contribution is -0.167. The van der Waals surface area contributed by atoms with Crippen LogP contribution in [0.4, 0.5) is 0 Å². The minimum Gasteiger partial charge on any atom is -0.462 e. The molecule has 0 spiro atoms. The predicted octanol–water partition coefficient (Wildman–Crippen LogP) is 17.4. The molecule has 0 aromatic rings. The number of unbranched alkanes of at least 4 members (excludes halogenated alkanes) is 24. The second-order valence-electron chi connectivity index (χ2n) is 17.4. The molecule has 0 heterocycles. The van der Waals surface area contributed by atoms with E-state index in [4.69, 9.17) is 14.2 Å². The lowest BCUT2D eigenvalue weighted by atomic mass is 10.0. The van der Waals surface area contributed by atoms with Gasteiger partial charge in [0.05, 0.1) is 0 Å². The summed E-state index contributed by atoms with van der Waals surface area (Å²) in [6.07, 6.45) is 64.6. The van der Waals surface area contributed by atoms with Gasteiger partial charge in [0.15, 0.2) is 6.10 Å². The van der Waals surface area contributed by atoms with Gasteiger partial charge in [-0.05, 0) is 83.5 Å². The Kier molecular flexibility index (Phi) is 48.9. The second kappa shape index (κ2) is 51.5. The minimum absolute atomic E-state index is 0.0950. The van der Waals surface area contributed by atoms with Gasteiger partial charge in [-0.25, -0.2) is 0 Å². The summed E-state index contributed by atoms with van der Waals surface area (Å²) in [6, 6.07) is 0. The van der Waals surface area contributed by atoms with E-state index in [1.54, 1.807) is 0 Å². The molecule has 0 aliphatic carbocycles. The smallest absolute Gasteiger partial charge is 0.306 e. The summed E-state index contributed by atoms with van der Waals surface area (Å²) < 4.78 is 16.8. The number of carbonyl (C=O) groups excluding carboxylic acids is 3. The highest BCUT2D eigenvalue weighted by molar-refractivity contribution is 5.71. The fraction of sp³-hybridized carbons (Fsp3) is 0.737. The fourth-order valence-electron chi connectivity index (χ4n) is 7.21. The van der Waals surface area contributed by atoms with Crippen molar-refractivity contribution in [1.82, 2.24) is 0 Å². The third-order valence-electron chi connectivity index (χ3n) is 11.2. The summed E-state index contributed by atoms with van der Waals surface area (Å²) in [7, 11) is 0. The number of carbonyl (C=O) groups is 3. The molecule has 0 aromatic heterocycles. The van der Waals surface area contributed by atoms with Crippen LogP contribution in [0.25, 0.3) is 0 Å². The van der Waals surface area contributed by atoms with Gasteiger partial charge >= 0.3 is 17.9 Å². The number of ether oxygens (including phenoxy) is 3. The molecule has 1 atom stereocenters. The molecule has 0 aliphatic rings. The Bertz CT molecular complexity index is 1190. The molecule has 0 saturated heterocycles. The first kappa shape index (κ1) is 59.9. The van der Waals surface area contributed by atoms with Crippen LogP contribution in [0.3, 0.4) is 0 Å². The molecule has 0 fully saturated rings. The van der Waals surface area contributed by atoms with Crippen LogP contribution in [-0.4, -0.2) is 37.2 Å². The van der Waals surface area contributed by atoms with Crippen LogP contribution in [0.1, 0.15) is 252 Å². The van der Waals surface area contributed by atoms with E-state index in [-0.39, 0.29) is 37.5 Å². The number of hydrogen-bond acceptors (Lipinski definition) is 6. The highest BCUT2D eigenvalue weighted by Crippen LogP contribution is 2.15. The van der Waals surface area contributed by atoms with E-state index in [0.717, 1.165) is 103 Å². The van der Waals surface area contributed by atoms with E-state index < -0.39 is 6.10 Å². The summed E-state index contributed by atoms with van der Waals surface area (Å²) in [5, 5.41) is 0. The summed E-state index contributed by atoms with van der Waals surface area (Å²) in [5.74, 6) is -0.947. The van der Waals surface area contributed by atoms with Gasteiger partial charge in [-0.2, -0.15) is 0 Å². The Labute approximate surface area is 389 Å². The van der Waals surface area contributed by atoms with Gasteiger partial charge in [0.25, 0.3) is 0 Å². The topological polar surface area (TPSA) is 78.9 Å². The molecular weight excluding hydrogens is 781 g/mol. The Morgan fingerprint density at radius 1 is 0.333 bits per heavy atom. The van der Waals surface area contributed by atoms with Crippen molar-refractivity contribution in [3.63, 3.8) is 0 Å². The van der Waals surface area contributed by atoms with Crippen molar-refractivity contribution in [3.05, 3.63) is 72.9 Å². The van der Waals surface area contributed by atoms with Crippen molar-refractivity contribution in [3.8, 4) is 0 Å². The normalized spacial score (nSPS) is 12.6. The maximum atomic E-state index is 12.8. The summed E-state index contributed by atoms with van der Waals surface area (Å²) in [6.45, 7) is 6.45. The molecule has 0 aromatic carbocycles. The average Bonchev–Trinajstić information content (AvgIpc) is 3.28. The molecule has 6 nitrogen and oxygen atoms in total. The van der Waals surface area contributed by atoms with Crippen molar-refractivity contribution >= 4 is 17.9 Å². The average molecular weight is 879 g/mol. The van der Waals surface area contributed by atoms with Crippen molar-refractivity contribution in [2.24, 2.45) is 0 Å². The first-order valence-electron chi connectivity index (χ1n) is 26.4. The molecular formula is C57H98O6. The molecule has 0 radical (unpaired) electrons. The van der Waals surface area contributed by atoms with E-state index in [1.165, 1.54) is 103 Å². The SMILES string of the molecule is CC/C=C\C/C=C\C/C=C\C/C=C\CCCCC(=O)OC(COC(=O)CCCCCCC/C=C\C/C=C\CCCC)COC(=O)CCCCCCCCCCCCCCCCCC. The van der Waals surface area contributed by atoms with Gasteiger partial charge < -0.3 is 14.2 Å². The highest BCUT2D eigenvalue weighted by Gasteiger charge is 2.19. The van der Waals surface area contributed by atoms with Crippen molar-refractivity contribution in [2.45, 2.75) is 258 Å². The third kappa shape index (κ3) is 49.7. The van der Waals surface area contributed by atoms with Gasteiger partial charge in [0.1, 0.15) is 13.2 Å². The van der Waals surface area contributed by atoms with E-state index in [2.05, 4.69) is 93.7 Å². The first-order valence-corrected chi connectivity index (χ1v) is 26.4. The Morgan fingerprint density at radius 3 is 1.05 bits per heavy atom. The van der Waals surface area contributed by atoms with Crippen LogP contribution in [0, 0.1) is 0 Å². The van der Waals surface area contributed by atoms with E-state index in [9.17, 15) is 14.4 Å². The van der Waals surface area contributed by atoms with E-state index >= 15 is 0 Å². The zero-order valence-corrected chi connectivity index (χ0v) is 41.3. The molecule has 0 aliphatic heterocycles. The van der Waals surface area contributed by atoms with Gasteiger partial charge in [0.2, 0.25) is 0 Å². The maximum Gasteiger partial charge on any atom is 0.306 e. The number of allylic oxidation sites excluding steroid dienone is 12. The second-order valence-corrected chi connectivity index (χ2v) is 17.4. The van der Waals surface area contributed by atoms with E-state index in [0.29, 0.717) is 19.3 Å². The van der Waals surface area contributed by atoms with E-state index in [1.807, 2.05) is 0 Å². The van der Waals surface area contributed by atoms with Crippen LogP contribution in [0.5, 0.6) is 0 Å². The zero-order valence-electron chi connectivity index (χ0n) is 41.3. The van der Waals surface area contributed by atoms with Crippen LogP contribution >= 0.6 is 0 Å². The van der Waals surface area contributed by atoms with Crippen molar-refractivity contribution in [2.75, 3.05) is 13.2 Å². The lowest BCUT2D eigenvalue weighted by Gasteiger charge is -2.18. The molecule has 362 valence electrons. The monoisotopic (exact) mass is 879 g/mol. The van der Waals surface area contributed by atoms with Crippen molar-refractivity contribution < 1.29 is 28.6 Å². The third-order valence-corrected chi connectivity index (χ3v) is 11.2. The Balaban J connectivity index is 4.45. The minimum atomic E-state index is -0.801. The lowest BCUT2D eigenvalue weighted by Crippen LogP contribution is -2.30. The quantitative estimate of drug-likeness (QED) is 0.0262. The summed E-state index contributed by atoms with van der Waals surface area (Å²) in [5.41, 5.74) is 0. The van der Waals surface area contributed by atoms with Gasteiger partial charge in [0, 0.05) is 19.3 Å². The van der Waals surface area contributed by atoms with Crippen molar-refractivity contribution in [1.29, 1.82) is 0 Å². The van der Waals surface area contributed by atoms with Crippen LogP contribution in [0.2, 0.25) is 0 Å².